The van der Waals surface area contributed by atoms with E-state index in [1.165, 1.54) is 5.69 Å². The van der Waals surface area contributed by atoms with Crippen LogP contribution in [-0.2, 0) is 7.05 Å². The molecule has 1 aliphatic heterocycles. The maximum atomic E-state index is 4.71. The van der Waals surface area contributed by atoms with Crippen molar-refractivity contribution in [1.29, 1.82) is 0 Å². The fourth-order valence-electron chi connectivity index (χ4n) is 2.92. The van der Waals surface area contributed by atoms with Gasteiger partial charge in [-0.2, -0.15) is 5.10 Å². The lowest BCUT2D eigenvalue weighted by Gasteiger charge is -2.35. The summed E-state index contributed by atoms with van der Waals surface area (Å²) in [5.74, 6) is 0.780. The molecule has 4 rings (SSSR count). The average molecular weight is 321 g/mol. The monoisotopic (exact) mass is 321 g/mol. The molecule has 0 amide bonds. The number of rotatable bonds is 3. The summed E-state index contributed by atoms with van der Waals surface area (Å²) in [6, 6.07) is 6.00. The Morgan fingerprint density at radius 1 is 0.958 bits per heavy atom. The SMILES string of the molecule is Cn1cc(-c2ccnc(N3CCN(c4cccnc4)CC3)n2)cn1. The first-order valence-electron chi connectivity index (χ1n) is 8.01. The Balaban J connectivity index is 1.48. The number of pyridine rings is 1. The first kappa shape index (κ1) is 14.6. The molecule has 0 saturated carbocycles. The zero-order valence-corrected chi connectivity index (χ0v) is 13.6. The molecule has 1 saturated heterocycles. The van der Waals surface area contributed by atoms with E-state index in [0.29, 0.717) is 0 Å². The summed E-state index contributed by atoms with van der Waals surface area (Å²) in [5, 5.41) is 4.21. The van der Waals surface area contributed by atoms with Gasteiger partial charge >= 0.3 is 0 Å². The molecular weight excluding hydrogens is 302 g/mol. The highest BCUT2D eigenvalue weighted by molar-refractivity contribution is 5.58. The van der Waals surface area contributed by atoms with Crippen LogP contribution in [0.1, 0.15) is 0 Å². The van der Waals surface area contributed by atoms with Crippen LogP contribution in [0.15, 0.2) is 49.2 Å². The normalized spacial score (nSPS) is 14.9. The Morgan fingerprint density at radius 3 is 2.50 bits per heavy atom. The van der Waals surface area contributed by atoms with E-state index < -0.39 is 0 Å². The van der Waals surface area contributed by atoms with Crippen LogP contribution in [0.4, 0.5) is 11.6 Å². The Kier molecular flexibility index (Phi) is 3.82. The van der Waals surface area contributed by atoms with Gasteiger partial charge in [0, 0.05) is 57.4 Å². The lowest BCUT2D eigenvalue weighted by atomic mass is 10.2. The summed E-state index contributed by atoms with van der Waals surface area (Å²) in [7, 11) is 1.91. The molecule has 7 nitrogen and oxygen atoms in total. The van der Waals surface area contributed by atoms with E-state index in [1.807, 2.05) is 44.0 Å². The van der Waals surface area contributed by atoms with E-state index in [1.54, 1.807) is 10.9 Å². The number of hydrogen-bond acceptors (Lipinski definition) is 6. The van der Waals surface area contributed by atoms with Gasteiger partial charge in [-0.15, -0.1) is 0 Å². The van der Waals surface area contributed by atoms with Gasteiger partial charge < -0.3 is 9.80 Å². The maximum Gasteiger partial charge on any atom is 0.225 e. The molecule has 0 atom stereocenters. The van der Waals surface area contributed by atoms with E-state index in [2.05, 4.69) is 30.9 Å². The van der Waals surface area contributed by atoms with Crippen LogP contribution < -0.4 is 9.80 Å². The molecule has 7 heteroatoms. The van der Waals surface area contributed by atoms with Crippen molar-refractivity contribution in [1.82, 2.24) is 24.7 Å². The predicted molar refractivity (Wildman–Crippen MR) is 92.9 cm³/mol. The molecule has 24 heavy (non-hydrogen) atoms. The molecule has 0 aromatic carbocycles. The molecule has 0 unspecified atom stereocenters. The molecule has 0 spiro atoms. The highest BCUT2D eigenvalue weighted by Gasteiger charge is 2.19. The largest absolute Gasteiger partial charge is 0.367 e. The molecule has 0 radical (unpaired) electrons. The van der Waals surface area contributed by atoms with Crippen LogP contribution in [0, 0.1) is 0 Å². The topological polar surface area (TPSA) is 63.0 Å². The van der Waals surface area contributed by atoms with Crippen LogP contribution in [0.5, 0.6) is 0 Å². The number of nitrogens with zero attached hydrogens (tertiary/aromatic N) is 7. The lowest BCUT2D eigenvalue weighted by molar-refractivity contribution is 0.639. The minimum absolute atomic E-state index is 0.780. The van der Waals surface area contributed by atoms with Gasteiger partial charge in [0.2, 0.25) is 5.95 Å². The molecule has 0 N–H and O–H groups in total. The van der Waals surface area contributed by atoms with Crippen LogP contribution in [0.3, 0.4) is 0 Å². The van der Waals surface area contributed by atoms with Gasteiger partial charge in [0.25, 0.3) is 0 Å². The van der Waals surface area contributed by atoms with E-state index in [-0.39, 0.29) is 0 Å². The summed E-state index contributed by atoms with van der Waals surface area (Å²) < 4.78 is 1.78. The van der Waals surface area contributed by atoms with Crippen molar-refractivity contribution >= 4 is 11.6 Å². The third-order valence-electron chi connectivity index (χ3n) is 4.22. The molecule has 1 fully saturated rings. The molecule has 3 aromatic rings. The minimum Gasteiger partial charge on any atom is -0.367 e. The molecule has 0 bridgehead atoms. The van der Waals surface area contributed by atoms with Gasteiger partial charge in [-0.05, 0) is 18.2 Å². The van der Waals surface area contributed by atoms with Crippen molar-refractivity contribution in [3.8, 4) is 11.3 Å². The highest BCUT2D eigenvalue weighted by Crippen LogP contribution is 2.20. The molecule has 122 valence electrons. The fourth-order valence-corrected chi connectivity index (χ4v) is 2.92. The van der Waals surface area contributed by atoms with Crippen molar-refractivity contribution in [2.24, 2.45) is 7.05 Å². The summed E-state index contributed by atoms with van der Waals surface area (Å²) in [5.41, 5.74) is 3.08. The van der Waals surface area contributed by atoms with Crippen molar-refractivity contribution in [3.63, 3.8) is 0 Å². The van der Waals surface area contributed by atoms with Crippen molar-refractivity contribution in [2.75, 3.05) is 36.0 Å². The number of aryl methyl sites for hydroxylation is 1. The zero-order valence-electron chi connectivity index (χ0n) is 13.6. The van der Waals surface area contributed by atoms with E-state index in [4.69, 9.17) is 4.98 Å². The fraction of sp³-hybridized carbons (Fsp3) is 0.294. The Bertz CT molecular complexity index is 807. The van der Waals surface area contributed by atoms with Gasteiger partial charge in [0.05, 0.1) is 23.8 Å². The quantitative estimate of drug-likeness (QED) is 0.730. The third kappa shape index (κ3) is 2.92. The van der Waals surface area contributed by atoms with Crippen molar-refractivity contribution in [3.05, 3.63) is 49.2 Å². The zero-order chi connectivity index (χ0) is 16.4. The van der Waals surface area contributed by atoms with Crippen molar-refractivity contribution < 1.29 is 0 Å². The predicted octanol–water partition coefficient (Wildman–Crippen LogP) is 1.60. The lowest BCUT2D eigenvalue weighted by Crippen LogP contribution is -2.47. The standard InChI is InChI=1S/C17H19N7/c1-22-13-14(11-20-22)16-4-6-19-17(21-16)24-9-7-23(8-10-24)15-3-2-5-18-12-15/h2-6,11-13H,7-10H2,1H3. The second-order valence-corrected chi connectivity index (χ2v) is 5.83. The Labute approximate surface area is 140 Å². The Morgan fingerprint density at radius 2 is 1.79 bits per heavy atom. The maximum absolute atomic E-state index is 4.71. The molecule has 0 aliphatic carbocycles. The molecular formula is C17H19N7. The molecule has 3 aromatic heterocycles. The van der Waals surface area contributed by atoms with Gasteiger partial charge in [-0.1, -0.05) is 0 Å². The Hall–Kier alpha value is -2.96. The highest BCUT2D eigenvalue weighted by atomic mass is 15.3. The number of anilines is 2. The van der Waals surface area contributed by atoms with Crippen LogP contribution in [0.2, 0.25) is 0 Å². The number of hydrogen-bond donors (Lipinski definition) is 0. The van der Waals surface area contributed by atoms with E-state index in [9.17, 15) is 0 Å². The molecule has 4 heterocycles. The minimum atomic E-state index is 0.780. The third-order valence-corrected chi connectivity index (χ3v) is 4.22. The first-order valence-corrected chi connectivity index (χ1v) is 8.01. The van der Waals surface area contributed by atoms with E-state index >= 15 is 0 Å². The molecule has 1 aliphatic rings. The van der Waals surface area contributed by atoms with Crippen LogP contribution >= 0.6 is 0 Å². The van der Waals surface area contributed by atoms with Gasteiger partial charge in [-0.3, -0.25) is 9.67 Å². The van der Waals surface area contributed by atoms with Crippen molar-refractivity contribution in [2.45, 2.75) is 0 Å². The van der Waals surface area contributed by atoms with Crippen LogP contribution in [-0.4, -0.2) is 50.9 Å². The summed E-state index contributed by atoms with van der Waals surface area (Å²) in [6.45, 7) is 3.66. The number of aromatic nitrogens is 5. The summed E-state index contributed by atoms with van der Waals surface area (Å²) >= 11 is 0. The van der Waals surface area contributed by atoms with Gasteiger partial charge in [0.1, 0.15) is 0 Å². The summed E-state index contributed by atoms with van der Waals surface area (Å²) in [4.78, 5) is 17.9. The summed E-state index contributed by atoms with van der Waals surface area (Å²) in [6.07, 6.45) is 9.32. The second kappa shape index (κ2) is 6.27. The smallest absolute Gasteiger partial charge is 0.225 e. The van der Waals surface area contributed by atoms with E-state index in [0.717, 1.165) is 43.4 Å². The number of piperazine rings is 1. The van der Waals surface area contributed by atoms with Gasteiger partial charge in [-0.25, -0.2) is 9.97 Å². The van der Waals surface area contributed by atoms with Crippen LogP contribution in [0.25, 0.3) is 11.3 Å². The second-order valence-electron chi connectivity index (χ2n) is 5.83. The first-order chi connectivity index (χ1) is 11.8. The van der Waals surface area contributed by atoms with Gasteiger partial charge in [0.15, 0.2) is 0 Å². The average Bonchev–Trinajstić information content (AvgIpc) is 3.09.